The van der Waals surface area contributed by atoms with E-state index in [0.29, 0.717) is 5.92 Å². The van der Waals surface area contributed by atoms with Gasteiger partial charge in [0.25, 0.3) is 0 Å². The van der Waals surface area contributed by atoms with E-state index in [1.807, 2.05) is 0 Å². The lowest BCUT2D eigenvalue weighted by Gasteiger charge is -2.15. The van der Waals surface area contributed by atoms with Gasteiger partial charge in [0.05, 0.1) is 0 Å². The predicted molar refractivity (Wildman–Crippen MR) is 56.1 cm³/mol. The Labute approximate surface area is 80.8 Å². The fourth-order valence-electron chi connectivity index (χ4n) is 2.64. The minimum absolute atomic E-state index is 0.673. The molecule has 1 heteroatoms. The molecule has 0 saturated carbocycles. The predicted octanol–water partition coefficient (Wildman–Crippen LogP) is 3.03. The van der Waals surface area contributed by atoms with Crippen molar-refractivity contribution in [3.63, 3.8) is 0 Å². The van der Waals surface area contributed by atoms with Gasteiger partial charge in [-0.1, -0.05) is 13.8 Å². The van der Waals surface area contributed by atoms with Crippen molar-refractivity contribution in [3.05, 3.63) is 23.0 Å². The van der Waals surface area contributed by atoms with Crippen LogP contribution in [0.3, 0.4) is 0 Å². The number of hydrogen-bond donors (Lipinski definition) is 0. The zero-order valence-corrected chi connectivity index (χ0v) is 8.93. The van der Waals surface area contributed by atoms with E-state index in [4.69, 9.17) is 0 Å². The molecule has 0 unspecified atom stereocenters. The van der Waals surface area contributed by atoms with Crippen LogP contribution in [0, 0.1) is 0 Å². The highest BCUT2D eigenvalue weighted by Crippen LogP contribution is 2.30. The quantitative estimate of drug-likeness (QED) is 0.621. The molecule has 0 spiro atoms. The van der Waals surface area contributed by atoms with Crippen molar-refractivity contribution in [1.29, 1.82) is 0 Å². The van der Waals surface area contributed by atoms with Crippen LogP contribution in [0.4, 0.5) is 0 Å². The minimum Gasteiger partial charge on any atom is -0.354 e. The lowest BCUT2D eigenvalue weighted by Crippen LogP contribution is -2.04. The highest BCUT2D eigenvalue weighted by atomic mass is 14.9. The second-order valence-electron chi connectivity index (χ2n) is 4.49. The van der Waals surface area contributed by atoms with Crippen molar-refractivity contribution in [3.8, 4) is 0 Å². The fraction of sp³-hybridized carbons (Fsp3) is 0.667. The first-order chi connectivity index (χ1) is 6.20. The van der Waals surface area contributed by atoms with Crippen LogP contribution in [0.2, 0.25) is 0 Å². The maximum atomic E-state index is 2.34. The van der Waals surface area contributed by atoms with E-state index in [0.717, 1.165) is 0 Å². The normalized spacial score (nSPS) is 16.3. The van der Waals surface area contributed by atoms with E-state index in [9.17, 15) is 0 Å². The number of hydrogen-bond acceptors (Lipinski definition) is 0. The van der Waals surface area contributed by atoms with Crippen molar-refractivity contribution in [2.75, 3.05) is 0 Å². The number of rotatable bonds is 1. The maximum absolute atomic E-state index is 2.34. The third-order valence-electron chi connectivity index (χ3n) is 3.10. The van der Waals surface area contributed by atoms with Crippen LogP contribution >= 0.6 is 0 Å². The van der Waals surface area contributed by atoms with Crippen molar-refractivity contribution >= 4 is 0 Å². The average Bonchev–Trinajstić information content (AvgIpc) is 2.39. The zero-order valence-electron chi connectivity index (χ0n) is 8.93. The number of aromatic nitrogens is 1. The topological polar surface area (TPSA) is 4.93 Å². The second kappa shape index (κ2) is 3.21. The number of nitrogens with zero attached hydrogens (tertiary/aromatic N) is 1. The van der Waals surface area contributed by atoms with Crippen molar-refractivity contribution in [1.82, 2.24) is 4.57 Å². The smallest absolute Gasteiger partial charge is 0.0232 e. The largest absolute Gasteiger partial charge is 0.354 e. The summed E-state index contributed by atoms with van der Waals surface area (Å²) in [6.07, 6.45) is 7.72. The summed E-state index contributed by atoms with van der Waals surface area (Å²) in [5.41, 5.74) is 4.83. The molecule has 0 saturated heterocycles. The highest BCUT2D eigenvalue weighted by Gasteiger charge is 2.18. The van der Waals surface area contributed by atoms with E-state index < -0.39 is 0 Å². The molecule has 1 aliphatic rings. The summed E-state index contributed by atoms with van der Waals surface area (Å²) in [6.45, 7) is 4.59. The van der Waals surface area contributed by atoms with Crippen molar-refractivity contribution < 1.29 is 0 Å². The highest BCUT2D eigenvalue weighted by molar-refractivity contribution is 5.35. The first-order valence-corrected chi connectivity index (χ1v) is 5.37. The molecular formula is C12H19N. The van der Waals surface area contributed by atoms with Gasteiger partial charge in [0.15, 0.2) is 0 Å². The van der Waals surface area contributed by atoms with Crippen LogP contribution in [-0.4, -0.2) is 4.57 Å². The van der Waals surface area contributed by atoms with Gasteiger partial charge in [-0.25, -0.2) is 0 Å². The average molecular weight is 177 g/mol. The first-order valence-electron chi connectivity index (χ1n) is 5.37. The third kappa shape index (κ3) is 1.41. The number of fused-ring (bicyclic) bond motifs is 1. The fourth-order valence-corrected chi connectivity index (χ4v) is 2.64. The van der Waals surface area contributed by atoms with E-state index in [-0.39, 0.29) is 0 Å². The van der Waals surface area contributed by atoms with Gasteiger partial charge in [0, 0.05) is 18.9 Å². The summed E-state index contributed by atoms with van der Waals surface area (Å²) in [5, 5.41) is 0. The molecule has 1 aliphatic carbocycles. The summed E-state index contributed by atoms with van der Waals surface area (Å²) >= 11 is 0. The standard InChI is InChI=1S/C12H19N/c1-9(2)12-11-7-5-4-6-10(11)8-13(12)3/h8-9H,4-7H2,1-3H3. The molecule has 0 atom stereocenters. The Morgan fingerprint density at radius 2 is 1.92 bits per heavy atom. The molecular weight excluding hydrogens is 158 g/mol. The van der Waals surface area contributed by atoms with Gasteiger partial charge in [0.1, 0.15) is 0 Å². The van der Waals surface area contributed by atoms with Gasteiger partial charge in [-0.05, 0) is 42.7 Å². The van der Waals surface area contributed by atoms with Crippen LogP contribution in [0.15, 0.2) is 6.20 Å². The van der Waals surface area contributed by atoms with Crippen LogP contribution < -0.4 is 0 Å². The first kappa shape index (κ1) is 8.86. The summed E-state index contributed by atoms with van der Waals surface area (Å²) < 4.78 is 2.33. The molecule has 72 valence electrons. The van der Waals surface area contributed by atoms with Gasteiger partial charge in [-0.15, -0.1) is 0 Å². The van der Waals surface area contributed by atoms with E-state index in [2.05, 4.69) is 31.7 Å². The van der Waals surface area contributed by atoms with Gasteiger partial charge < -0.3 is 4.57 Å². The second-order valence-corrected chi connectivity index (χ2v) is 4.49. The number of aryl methyl sites for hydroxylation is 2. The Hall–Kier alpha value is -0.720. The molecule has 1 aromatic heterocycles. The lowest BCUT2D eigenvalue weighted by atomic mass is 9.91. The van der Waals surface area contributed by atoms with E-state index in [1.165, 1.54) is 25.7 Å². The van der Waals surface area contributed by atoms with Crippen LogP contribution in [0.25, 0.3) is 0 Å². The Kier molecular flexibility index (Phi) is 2.19. The molecule has 1 nitrogen and oxygen atoms in total. The van der Waals surface area contributed by atoms with Crippen molar-refractivity contribution in [2.24, 2.45) is 7.05 Å². The zero-order chi connectivity index (χ0) is 9.42. The van der Waals surface area contributed by atoms with E-state index in [1.54, 1.807) is 16.8 Å². The Morgan fingerprint density at radius 1 is 1.23 bits per heavy atom. The third-order valence-corrected chi connectivity index (χ3v) is 3.10. The Balaban J connectivity index is 2.48. The molecule has 0 N–H and O–H groups in total. The molecule has 2 rings (SSSR count). The van der Waals surface area contributed by atoms with Crippen LogP contribution in [0.5, 0.6) is 0 Å². The monoisotopic (exact) mass is 177 g/mol. The molecule has 0 aromatic carbocycles. The van der Waals surface area contributed by atoms with Crippen molar-refractivity contribution in [2.45, 2.75) is 45.4 Å². The van der Waals surface area contributed by atoms with Gasteiger partial charge in [0.2, 0.25) is 0 Å². The minimum atomic E-state index is 0.673. The van der Waals surface area contributed by atoms with Gasteiger partial charge in [-0.2, -0.15) is 0 Å². The maximum Gasteiger partial charge on any atom is 0.0232 e. The molecule has 0 fully saturated rings. The van der Waals surface area contributed by atoms with E-state index >= 15 is 0 Å². The summed E-state index contributed by atoms with van der Waals surface area (Å²) in [7, 11) is 2.19. The Bertz CT molecular complexity index is 307. The molecule has 1 aromatic rings. The molecule has 0 radical (unpaired) electrons. The summed E-state index contributed by atoms with van der Waals surface area (Å²) in [4.78, 5) is 0. The molecule has 0 bridgehead atoms. The molecule has 13 heavy (non-hydrogen) atoms. The summed E-state index contributed by atoms with van der Waals surface area (Å²) in [6, 6.07) is 0. The van der Waals surface area contributed by atoms with Crippen LogP contribution in [-0.2, 0) is 19.9 Å². The molecule has 0 aliphatic heterocycles. The Morgan fingerprint density at radius 3 is 2.62 bits per heavy atom. The van der Waals surface area contributed by atoms with Crippen LogP contribution in [0.1, 0.15) is 49.4 Å². The lowest BCUT2D eigenvalue weighted by molar-refractivity contribution is 0.670. The van der Waals surface area contributed by atoms with Gasteiger partial charge >= 0.3 is 0 Å². The summed E-state index contributed by atoms with van der Waals surface area (Å²) in [5.74, 6) is 0.673. The SMILES string of the molecule is CC(C)c1c2c(cn1C)CCCC2. The molecule has 0 amide bonds. The molecule has 1 heterocycles. The van der Waals surface area contributed by atoms with Gasteiger partial charge in [-0.3, -0.25) is 0 Å².